The number of benzene rings is 1. The molecule has 11 heteroatoms. The first kappa shape index (κ1) is 26.2. The average Bonchev–Trinajstić information content (AvgIpc) is 3.67. The van der Waals surface area contributed by atoms with Gasteiger partial charge < -0.3 is 25.7 Å². The molecule has 1 fully saturated rings. The van der Waals surface area contributed by atoms with Crippen LogP contribution in [-0.4, -0.2) is 64.8 Å². The van der Waals surface area contributed by atoms with Crippen molar-refractivity contribution in [3.05, 3.63) is 59.4 Å². The fraction of sp³-hybridized carbons (Fsp3) is 0.310. The molecule has 1 saturated heterocycles. The Morgan fingerprint density at radius 3 is 2.67 bits per heavy atom. The molecule has 5 aromatic rings. The summed E-state index contributed by atoms with van der Waals surface area (Å²) in [6.45, 7) is 2.14. The zero-order valence-electron chi connectivity index (χ0n) is 22.4. The molecular formula is C29H31N7O3S. The summed E-state index contributed by atoms with van der Waals surface area (Å²) < 4.78 is 17.1. The third-order valence-corrected chi connectivity index (χ3v) is 8.13. The molecule has 6 rings (SSSR count). The van der Waals surface area contributed by atoms with Crippen LogP contribution in [0.4, 0.5) is 5.82 Å². The van der Waals surface area contributed by atoms with Gasteiger partial charge in [0.05, 0.1) is 43.7 Å². The van der Waals surface area contributed by atoms with Crippen molar-refractivity contribution in [1.82, 2.24) is 24.8 Å². The van der Waals surface area contributed by atoms with E-state index >= 15 is 0 Å². The monoisotopic (exact) mass is 557 g/mol. The van der Waals surface area contributed by atoms with Crippen molar-refractivity contribution in [2.45, 2.75) is 24.9 Å². The van der Waals surface area contributed by atoms with Crippen LogP contribution in [0.1, 0.15) is 23.9 Å². The largest absolute Gasteiger partial charge is 0.493 e. The van der Waals surface area contributed by atoms with Gasteiger partial charge >= 0.3 is 0 Å². The Hall–Kier alpha value is -4.06. The number of fused-ring (bicyclic) bond motifs is 3. The van der Waals surface area contributed by atoms with Crippen molar-refractivity contribution >= 4 is 38.8 Å². The molecule has 4 N–H and O–H groups in total. The Labute approximate surface area is 235 Å². The Morgan fingerprint density at radius 2 is 1.88 bits per heavy atom. The summed E-state index contributed by atoms with van der Waals surface area (Å²) in [5.41, 5.74) is 15.1. The van der Waals surface area contributed by atoms with E-state index in [-0.39, 0.29) is 6.04 Å². The number of nitrogens with zero attached hydrogens (tertiary/aromatic N) is 5. The third kappa shape index (κ3) is 5.10. The normalized spacial score (nSPS) is 16.4. The predicted molar refractivity (Wildman–Crippen MR) is 157 cm³/mol. The van der Waals surface area contributed by atoms with Crippen LogP contribution in [0, 0.1) is 0 Å². The van der Waals surface area contributed by atoms with Crippen molar-refractivity contribution in [1.29, 1.82) is 0 Å². The van der Waals surface area contributed by atoms with E-state index in [1.54, 1.807) is 44.1 Å². The molecule has 1 aromatic carbocycles. The number of nitrogens with two attached hydrogens (primary N) is 2. The number of hydrogen-bond donors (Lipinski definition) is 2. The number of rotatable bonds is 9. The van der Waals surface area contributed by atoms with Crippen molar-refractivity contribution < 1.29 is 14.2 Å². The number of likely N-dealkylation sites (tertiary alicyclic amines) is 1. The van der Waals surface area contributed by atoms with Gasteiger partial charge in [0.2, 0.25) is 0 Å². The highest BCUT2D eigenvalue weighted by molar-refractivity contribution is 7.09. The molecule has 0 aliphatic carbocycles. The molecule has 0 bridgehead atoms. The number of aromatic nitrogens is 4. The van der Waals surface area contributed by atoms with Gasteiger partial charge in [0.15, 0.2) is 11.5 Å². The van der Waals surface area contributed by atoms with Crippen molar-refractivity contribution in [2.75, 3.05) is 39.6 Å². The number of hydrogen-bond acceptors (Lipinski definition) is 11. The second kappa shape index (κ2) is 11.2. The molecule has 40 heavy (non-hydrogen) atoms. The first-order valence-electron chi connectivity index (χ1n) is 13.1. The summed E-state index contributed by atoms with van der Waals surface area (Å²) in [7, 11) is 3.21. The van der Waals surface area contributed by atoms with Crippen LogP contribution in [0.15, 0.2) is 54.4 Å². The van der Waals surface area contributed by atoms with Crippen molar-refractivity contribution in [2.24, 2.45) is 5.73 Å². The molecule has 0 unspecified atom stereocenters. The lowest BCUT2D eigenvalue weighted by Crippen LogP contribution is -2.41. The Morgan fingerprint density at radius 1 is 1.02 bits per heavy atom. The maximum absolute atomic E-state index is 6.49. The SMILES string of the molecule is COc1cc2ncc3c(N)nc(-c4cncc(OC[C@@H](N)CN5CCC[C@@H]5c5nccs5)c4)cc3c2cc1OC. The van der Waals surface area contributed by atoms with Gasteiger partial charge in [-0.05, 0) is 43.0 Å². The molecular weight excluding hydrogens is 526 g/mol. The van der Waals surface area contributed by atoms with Crippen LogP contribution in [0.5, 0.6) is 17.2 Å². The lowest BCUT2D eigenvalue weighted by molar-refractivity contribution is 0.201. The lowest BCUT2D eigenvalue weighted by atomic mass is 10.0. The minimum absolute atomic E-state index is 0.149. The molecule has 0 amide bonds. The molecule has 2 atom stereocenters. The maximum atomic E-state index is 6.49. The highest BCUT2D eigenvalue weighted by Gasteiger charge is 2.29. The van der Waals surface area contributed by atoms with Crippen LogP contribution in [0.25, 0.3) is 32.9 Å². The summed E-state index contributed by atoms with van der Waals surface area (Å²) >= 11 is 1.70. The van der Waals surface area contributed by atoms with Gasteiger partial charge in [0.25, 0.3) is 0 Å². The van der Waals surface area contributed by atoms with Crippen LogP contribution < -0.4 is 25.7 Å². The summed E-state index contributed by atoms with van der Waals surface area (Å²) in [6, 6.07) is 7.85. The number of ether oxygens (including phenoxy) is 3. The zero-order chi connectivity index (χ0) is 27.6. The summed E-state index contributed by atoms with van der Waals surface area (Å²) in [4.78, 5) is 20.5. The molecule has 5 heterocycles. The van der Waals surface area contributed by atoms with Gasteiger partial charge in [0.1, 0.15) is 23.2 Å². The topological polar surface area (TPSA) is 135 Å². The Bertz CT molecular complexity index is 1650. The molecule has 0 radical (unpaired) electrons. The standard InChI is InChI=1S/C29H31N7O3S/c1-37-26-10-21-20-9-23(35-28(31)22(20)14-34-24(21)11-27(26)38-2)17-8-19(13-32-12-17)39-16-18(30)15-36-6-3-4-25(36)29-33-5-7-40-29/h5,7-14,18,25H,3-4,6,15-16,30H2,1-2H3,(H2,31,35)/t18-,25+/m0/s1. The molecule has 4 aromatic heterocycles. The Balaban J connectivity index is 1.22. The van der Waals surface area contributed by atoms with E-state index in [0.29, 0.717) is 41.4 Å². The second-order valence-electron chi connectivity index (χ2n) is 9.84. The van der Waals surface area contributed by atoms with Gasteiger partial charge in [-0.1, -0.05) is 0 Å². The van der Waals surface area contributed by atoms with E-state index < -0.39 is 0 Å². The van der Waals surface area contributed by atoms with E-state index in [2.05, 4.69) is 24.8 Å². The predicted octanol–water partition coefficient (Wildman–Crippen LogP) is 4.44. The fourth-order valence-corrected chi connectivity index (χ4v) is 6.13. The van der Waals surface area contributed by atoms with Gasteiger partial charge in [0, 0.05) is 52.9 Å². The third-order valence-electron chi connectivity index (χ3n) is 7.26. The first-order valence-corrected chi connectivity index (χ1v) is 14.0. The Kier molecular flexibility index (Phi) is 7.33. The summed E-state index contributed by atoms with van der Waals surface area (Å²) in [5.74, 6) is 2.23. The van der Waals surface area contributed by atoms with Crippen LogP contribution in [-0.2, 0) is 0 Å². The highest BCUT2D eigenvalue weighted by Crippen LogP contribution is 2.37. The van der Waals surface area contributed by atoms with E-state index in [1.807, 2.05) is 35.8 Å². The highest BCUT2D eigenvalue weighted by atomic mass is 32.1. The number of methoxy groups -OCH3 is 2. The quantitative estimate of drug-likeness (QED) is 0.250. The van der Waals surface area contributed by atoms with Gasteiger partial charge in [-0.3, -0.25) is 14.9 Å². The smallest absolute Gasteiger partial charge is 0.162 e. The van der Waals surface area contributed by atoms with Gasteiger partial charge in [-0.2, -0.15) is 0 Å². The molecule has 10 nitrogen and oxygen atoms in total. The van der Waals surface area contributed by atoms with Crippen LogP contribution in [0.3, 0.4) is 0 Å². The van der Waals surface area contributed by atoms with Gasteiger partial charge in [-0.25, -0.2) is 9.97 Å². The first-order chi connectivity index (χ1) is 19.5. The summed E-state index contributed by atoms with van der Waals surface area (Å²) in [5, 5.41) is 5.73. The lowest BCUT2D eigenvalue weighted by Gasteiger charge is -2.26. The number of anilines is 1. The van der Waals surface area contributed by atoms with Gasteiger partial charge in [-0.15, -0.1) is 11.3 Å². The molecule has 0 spiro atoms. The van der Waals surface area contributed by atoms with E-state index in [9.17, 15) is 0 Å². The number of thiazole rings is 1. The zero-order valence-corrected chi connectivity index (χ0v) is 23.2. The van der Waals surface area contributed by atoms with E-state index in [4.69, 9.17) is 25.7 Å². The van der Waals surface area contributed by atoms with Crippen molar-refractivity contribution in [3.8, 4) is 28.5 Å². The number of pyridine rings is 3. The minimum Gasteiger partial charge on any atom is -0.493 e. The minimum atomic E-state index is -0.149. The van der Waals surface area contributed by atoms with E-state index in [1.165, 1.54) is 0 Å². The van der Waals surface area contributed by atoms with E-state index in [0.717, 1.165) is 58.2 Å². The molecule has 1 aliphatic rings. The van der Waals surface area contributed by atoms with Crippen LogP contribution >= 0.6 is 11.3 Å². The molecule has 206 valence electrons. The second-order valence-corrected chi connectivity index (χ2v) is 10.8. The molecule has 0 saturated carbocycles. The summed E-state index contributed by atoms with van der Waals surface area (Å²) in [6.07, 6.45) is 9.29. The fourth-order valence-electron chi connectivity index (χ4n) is 5.32. The maximum Gasteiger partial charge on any atom is 0.162 e. The van der Waals surface area contributed by atoms with Crippen molar-refractivity contribution in [3.63, 3.8) is 0 Å². The van der Waals surface area contributed by atoms with Crippen LogP contribution in [0.2, 0.25) is 0 Å². The average molecular weight is 558 g/mol. The number of nitrogen functional groups attached to an aromatic ring is 1. The molecule has 1 aliphatic heterocycles.